The van der Waals surface area contributed by atoms with E-state index in [-0.39, 0.29) is 5.91 Å². The summed E-state index contributed by atoms with van der Waals surface area (Å²) >= 11 is 0. The van der Waals surface area contributed by atoms with Crippen molar-refractivity contribution in [2.45, 2.75) is 19.8 Å². The molecular formula is C23H24N2O. The summed E-state index contributed by atoms with van der Waals surface area (Å²) in [5.41, 5.74) is 2.72. The van der Waals surface area contributed by atoms with E-state index in [9.17, 15) is 4.79 Å². The molecule has 0 atom stereocenters. The fourth-order valence-electron chi connectivity index (χ4n) is 3.72. The molecule has 26 heavy (non-hydrogen) atoms. The molecule has 132 valence electrons. The number of carbonyl (C=O) groups is 1. The molecule has 3 aromatic carbocycles. The van der Waals surface area contributed by atoms with E-state index in [2.05, 4.69) is 23.2 Å². The number of benzene rings is 3. The second-order valence-corrected chi connectivity index (χ2v) is 7.17. The highest BCUT2D eigenvalue weighted by Gasteiger charge is 2.19. The third-order valence-electron chi connectivity index (χ3n) is 5.31. The molecule has 1 aliphatic heterocycles. The van der Waals surface area contributed by atoms with Crippen molar-refractivity contribution in [3.8, 4) is 0 Å². The Morgan fingerprint density at radius 2 is 1.62 bits per heavy atom. The van der Waals surface area contributed by atoms with Crippen molar-refractivity contribution in [1.29, 1.82) is 0 Å². The average molecular weight is 344 g/mol. The van der Waals surface area contributed by atoms with Gasteiger partial charge in [0.05, 0.1) is 11.4 Å². The quantitative estimate of drug-likeness (QED) is 0.696. The molecule has 0 aliphatic carbocycles. The maximum atomic E-state index is 13.0. The minimum atomic E-state index is -0.0559. The van der Waals surface area contributed by atoms with Crippen LogP contribution in [0.5, 0.6) is 0 Å². The standard InChI is InChI=1S/C23H24N2O/c1-17-13-15-25(16-14-17)22-12-5-4-11-21(22)24-23(26)20-10-6-8-18-7-2-3-9-19(18)20/h2-12,17H,13-16H2,1H3,(H,24,26). The molecule has 4 rings (SSSR count). The summed E-state index contributed by atoms with van der Waals surface area (Å²) in [5, 5.41) is 5.21. The minimum absolute atomic E-state index is 0.0559. The first-order chi connectivity index (χ1) is 12.7. The molecular weight excluding hydrogens is 320 g/mol. The minimum Gasteiger partial charge on any atom is -0.370 e. The number of anilines is 2. The van der Waals surface area contributed by atoms with E-state index >= 15 is 0 Å². The van der Waals surface area contributed by atoms with E-state index in [1.165, 1.54) is 12.8 Å². The Labute approximate surface area is 154 Å². The number of carbonyl (C=O) groups excluding carboxylic acids is 1. The maximum absolute atomic E-state index is 13.0. The maximum Gasteiger partial charge on any atom is 0.256 e. The molecule has 3 heteroatoms. The first-order valence-electron chi connectivity index (χ1n) is 9.35. The Morgan fingerprint density at radius 1 is 0.923 bits per heavy atom. The second-order valence-electron chi connectivity index (χ2n) is 7.17. The molecule has 0 bridgehead atoms. The Bertz CT molecular complexity index is 921. The zero-order valence-corrected chi connectivity index (χ0v) is 15.1. The van der Waals surface area contributed by atoms with Crippen LogP contribution in [0.1, 0.15) is 30.1 Å². The van der Waals surface area contributed by atoms with Crippen LogP contribution in [0.15, 0.2) is 66.7 Å². The molecule has 3 aromatic rings. The van der Waals surface area contributed by atoms with Crippen molar-refractivity contribution in [2.24, 2.45) is 5.92 Å². The normalized spacial score (nSPS) is 15.2. The lowest BCUT2D eigenvalue weighted by Gasteiger charge is -2.33. The highest BCUT2D eigenvalue weighted by atomic mass is 16.1. The fourth-order valence-corrected chi connectivity index (χ4v) is 3.72. The van der Waals surface area contributed by atoms with Crippen molar-refractivity contribution in [3.63, 3.8) is 0 Å². The van der Waals surface area contributed by atoms with Crippen LogP contribution in [-0.4, -0.2) is 19.0 Å². The van der Waals surface area contributed by atoms with E-state index in [0.29, 0.717) is 5.56 Å². The van der Waals surface area contributed by atoms with Crippen molar-refractivity contribution in [1.82, 2.24) is 0 Å². The van der Waals surface area contributed by atoms with Crippen LogP contribution in [0.25, 0.3) is 10.8 Å². The largest absolute Gasteiger partial charge is 0.370 e. The number of hydrogen-bond acceptors (Lipinski definition) is 2. The smallest absolute Gasteiger partial charge is 0.256 e. The first-order valence-corrected chi connectivity index (χ1v) is 9.35. The highest BCUT2D eigenvalue weighted by Crippen LogP contribution is 2.30. The molecule has 0 saturated carbocycles. The van der Waals surface area contributed by atoms with Gasteiger partial charge in [0.1, 0.15) is 0 Å². The summed E-state index contributed by atoms with van der Waals surface area (Å²) in [6.45, 7) is 4.40. The molecule has 0 spiro atoms. The molecule has 1 saturated heterocycles. The zero-order valence-electron chi connectivity index (χ0n) is 15.1. The average Bonchev–Trinajstić information content (AvgIpc) is 2.68. The SMILES string of the molecule is CC1CCN(c2ccccc2NC(=O)c2cccc3ccccc23)CC1. The first kappa shape index (κ1) is 16.6. The second kappa shape index (κ2) is 7.20. The zero-order chi connectivity index (χ0) is 17.9. The van der Waals surface area contributed by atoms with Gasteiger partial charge in [-0.1, -0.05) is 55.5 Å². The number of piperidine rings is 1. The number of rotatable bonds is 3. The Hall–Kier alpha value is -2.81. The number of hydrogen-bond donors (Lipinski definition) is 1. The lowest BCUT2D eigenvalue weighted by molar-refractivity contribution is 0.102. The summed E-state index contributed by atoms with van der Waals surface area (Å²) in [4.78, 5) is 15.4. The van der Waals surface area contributed by atoms with Gasteiger partial charge in [-0.3, -0.25) is 4.79 Å². The number of nitrogens with one attached hydrogen (secondary N) is 1. The van der Waals surface area contributed by atoms with Crippen molar-refractivity contribution in [2.75, 3.05) is 23.3 Å². The summed E-state index contributed by atoms with van der Waals surface area (Å²) in [6.07, 6.45) is 2.40. The monoisotopic (exact) mass is 344 g/mol. The number of nitrogens with zero attached hydrogens (tertiary/aromatic N) is 1. The molecule has 1 heterocycles. The number of fused-ring (bicyclic) bond motifs is 1. The molecule has 1 aliphatic rings. The third kappa shape index (κ3) is 3.30. The van der Waals surface area contributed by atoms with Gasteiger partial charge >= 0.3 is 0 Å². The number of amides is 1. The van der Waals surface area contributed by atoms with Crippen molar-refractivity contribution < 1.29 is 4.79 Å². The number of para-hydroxylation sites is 2. The topological polar surface area (TPSA) is 32.3 Å². The Kier molecular flexibility index (Phi) is 4.61. The van der Waals surface area contributed by atoms with Crippen molar-refractivity contribution >= 4 is 28.1 Å². The predicted molar refractivity (Wildman–Crippen MR) is 109 cm³/mol. The third-order valence-corrected chi connectivity index (χ3v) is 5.31. The Balaban J connectivity index is 1.62. The lowest BCUT2D eigenvalue weighted by Crippen LogP contribution is -2.33. The van der Waals surface area contributed by atoms with Crippen LogP contribution in [0.4, 0.5) is 11.4 Å². The van der Waals surface area contributed by atoms with E-state index in [1.807, 2.05) is 60.7 Å². The van der Waals surface area contributed by atoms with Gasteiger partial charge < -0.3 is 10.2 Å². The van der Waals surface area contributed by atoms with Crippen LogP contribution >= 0.6 is 0 Å². The van der Waals surface area contributed by atoms with Gasteiger partial charge in [-0.15, -0.1) is 0 Å². The molecule has 3 nitrogen and oxygen atoms in total. The van der Waals surface area contributed by atoms with Crippen molar-refractivity contribution in [3.05, 3.63) is 72.3 Å². The fraction of sp³-hybridized carbons (Fsp3) is 0.261. The van der Waals surface area contributed by atoms with E-state index in [0.717, 1.165) is 41.2 Å². The van der Waals surface area contributed by atoms with E-state index in [4.69, 9.17) is 0 Å². The van der Waals surface area contributed by atoms with E-state index in [1.54, 1.807) is 0 Å². The van der Waals surface area contributed by atoms with Gasteiger partial charge in [-0.2, -0.15) is 0 Å². The summed E-state index contributed by atoms with van der Waals surface area (Å²) in [7, 11) is 0. The van der Waals surface area contributed by atoms with Gasteiger partial charge in [0.2, 0.25) is 0 Å². The summed E-state index contributed by atoms with van der Waals surface area (Å²) in [5.74, 6) is 0.725. The van der Waals surface area contributed by atoms with Gasteiger partial charge in [0.25, 0.3) is 5.91 Å². The summed E-state index contributed by atoms with van der Waals surface area (Å²) in [6, 6.07) is 22.0. The van der Waals surface area contributed by atoms with Crippen LogP contribution < -0.4 is 10.2 Å². The van der Waals surface area contributed by atoms with Gasteiger partial charge in [-0.25, -0.2) is 0 Å². The van der Waals surface area contributed by atoms with Gasteiger partial charge in [0, 0.05) is 18.7 Å². The lowest BCUT2D eigenvalue weighted by atomic mass is 9.98. The highest BCUT2D eigenvalue weighted by molar-refractivity contribution is 6.13. The Morgan fingerprint density at radius 3 is 2.46 bits per heavy atom. The van der Waals surface area contributed by atoms with Crippen LogP contribution in [0.2, 0.25) is 0 Å². The molecule has 1 fully saturated rings. The molecule has 0 aromatic heterocycles. The predicted octanol–water partition coefficient (Wildman–Crippen LogP) is 5.33. The molecule has 1 N–H and O–H groups in total. The van der Waals surface area contributed by atoms with Crippen LogP contribution in [-0.2, 0) is 0 Å². The molecule has 0 radical (unpaired) electrons. The van der Waals surface area contributed by atoms with Gasteiger partial charge in [-0.05, 0) is 47.7 Å². The van der Waals surface area contributed by atoms with Crippen LogP contribution in [0, 0.1) is 5.92 Å². The van der Waals surface area contributed by atoms with E-state index < -0.39 is 0 Å². The molecule has 1 amide bonds. The molecule has 0 unspecified atom stereocenters. The summed E-state index contributed by atoms with van der Waals surface area (Å²) < 4.78 is 0. The van der Waals surface area contributed by atoms with Crippen LogP contribution in [0.3, 0.4) is 0 Å². The van der Waals surface area contributed by atoms with Gasteiger partial charge in [0.15, 0.2) is 0 Å².